The van der Waals surface area contributed by atoms with Gasteiger partial charge in [-0.15, -0.1) is 0 Å². The van der Waals surface area contributed by atoms with Crippen molar-refractivity contribution in [2.24, 2.45) is 0 Å². The molecular formula is C15H14N4O. The van der Waals surface area contributed by atoms with Gasteiger partial charge in [0.1, 0.15) is 0 Å². The van der Waals surface area contributed by atoms with Gasteiger partial charge in [-0.3, -0.25) is 0 Å². The number of aryl methyl sites for hydroxylation is 1. The normalized spacial score (nSPS) is 10.5. The Morgan fingerprint density at radius 3 is 2.40 bits per heavy atom. The van der Waals surface area contributed by atoms with Crippen molar-refractivity contribution in [3.05, 3.63) is 54.5 Å². The summed E-state index contributed by atoms with van der Waals surface area (Å²) in [5.74, 6) is 0. The average molecular weight is 266 g/mol. The third-order valence-electron chi connectivity index (χ3n) is 3.00. The molecule has 5 nitrogen and oxygen atoms in total. The molecule has 1 aromatic carbocycles. The molecule has 2 aromatic heterocycles. The van der Waals surface area contributed by atoms with Gasteiger partial charge in [0.25, 0.3) is 0 Å². The molecule has 5 heteroatoms. The molecule has 100 valence electrons. The molecule has 0 unspecified atom stereocenters. The standard InChI is InChI=1S/C15H14N4O/c1-11-10-19(13-6-4-3-5-7-13)18-14(11)12-8-16-15(20-2)17-9-12/h3-10H,1-2H3. The zero-order valence-electron chi connectivity index (χ0n) is 11.3. The molecule has 20 heavy (non-hydrogen) atoms. The molecule has 3 aromatic rings. The third kappa shape index (κ3) is 2.25. The third-order valence-corrected chi connectivity index (χ3v) is 3.00. The van der Waals surface area contributed by atoms with Crippen molar-refractivity contribution in [3.8, 4) is 23.0 Å². The first-order valence-corrected chi connectivity index (χ1v) is 6.26. The predicted molar refractivity (Wildman–Crippen MR) is 75.9 cm³/mol. The van der Waals surface area contributed by atoms with E-state index in [-0.39, 0.29) is 0 Å². The maximum atomic E-state index is 4.96. The van der Waals surface area contributed by atoms with Gasteiger partial charge < -0.3 is 4.74 Å². The van der Waals surface area contributed by atoms with Gasteiger partial charge in [0.15, 0.2) is 0 Å². The summed E-state index contributed by atoms with van der Waals surface area (Å²) in [6.07, 6.45) is 5.43. The predicted octanol–water partition coefficient (Wildman–Crippen LogP) is 2.65. The second kappa shape index (κ2) is 5.13. The number of hydrogen-bond donors (Lipinski definition) is 0. The monoisotopic (exact) mass is 266 g/mol. The Kier molecular flexibility index (Phi) is 3.16. The van der Waals surface area contributed by atoms with Crippen LogP contribution in [0.15, 0.2) is 48.9 Å². The molecule has 0 spiro atoms. The van der Waals surface area contributed by atoms with Crippen LogP contribution < -0.4 is 4.74 Å². The summed E-state index contributed by atoms with van der Waals surface area (Å²) in [6.45, 7) is 2.02. The van der Waals surface area contributed by atoms with Crippen LogP contribution in [-0.2, 0) is 0 Å². The lowest BCUT2D eigenvalue weighted by Crippen LogP contribution is -1.95. The summed E-state index contributed by atoms with van der Waals surface area (Å²) >= 11 is 0. The van der Waals surface area contributed by atoms with E-state index < -0.39 is 0 Å². The van der Waals surface area contributed by atoms with E-state index in [9.17, 15) is 0 Å². The quantitative estimate of drug-likeness (QED) is 0.731. The fourth-order valence-electron chi connectivity index (χ4n) is 2.00. The average Bonchev–Trinajstić information content (AvgIpc) is 2.90. The molecule has 3 rings (SSSR count). The Bertz CT molecular complexity index is 704. The van der Waals surface area contributed by atoms with Crippen molar-refractivity contribution in [1.29, 1.82) is 0 Å². The van der Waals surface area contributed by atoms with E-state index in [1.807, 2.05) is 48.1 Å². The maximum absolute atomic E-state index is 4.96. The van der Waals surface area contributed by atoms with Crippen LogP contribution in [-0.4, -0.2) is 26.9 Å². The number of nitrogens with zero attached hydrogens (tertiary/aromatic N) is 4. The van der Waals surface area contributed by atoms with Crippen molar-refractivity contribution >= 4 is 0 Å². The van der Waals surface area contributed by atoms with E-state index in [4.69, 9.17) is 4.74 Å². The van der Waals surface area contributed by atoms with Crippen LogP contribution in [0.3, 0.4) is 0 Å². The molecular weight excluding hydrogens is 252 g/mol. The summed E-state index contributed by atoms with van der Waals surface area (Å²) in [5.41, 5.74) is 3.84. The number of methoxy groups -OCH3 is 1. The zero-order chi connectivity index (χ0) is 13.9. The zero-order valence-corrected chi connectivity index (χ0v) is 11.3. The molecule has 0 aliphatic carbocycles. The molecule has 0 bridgehead atoms. The first-order chi connectivity index (χ1) is 9.78. The highest BCUT2D eigenvalue weighted by molar-refractivity contribution is 5.61. The number of rotatable bonds is 3. The minimum atomic E-state index is 0.355. The van der Waals surface area contributed by atoms with Crippen LogP contribution in [0.5, 0.6) is 6.01 Å². The van der Waals surface area contributed by atoms with E-state index in [0.29, 0.717) is 6.01 Å². The number of ether oxygens (including phenoxy) is 1. The van der Waals surface area contributed by atoms with Gasteiger partial charge in [-0.2, -0.15) is 5.10 Å². The second-order valence-electron chi connectivity index (χ2n) is 4.40. The highest BCUT2D eigenvalue weighted by Crippen LogP contribution is 2.22. The Labute approximate surface area is 116 Å². The van der Waals surface area contributed by atoms with Crippen molar-refractivity contribution in [2.75, 3.05) is 7.11 Å². The number of aromatic nitrogens is 4. The fraction of sp³-hybridized carbons (Fsp3) is 0.133. The summed E-state index contributed by atoms with van der Waals surface area (Å²) in [6, 6.07) is 10.3. The molecule has 0 aliphatic heterocycles. The molecule has 0 aliphatic rings. The number of hydrogen-bond acceptors (Lipinski definition) is 4. The van der Waals surface area contributed by atoms with Crippen LogP contribution in [0, 0.1) is 6.92 Å². The van der Waals surface area contributed by atoms with Crippen molar-refractivity contribution in [2.45, 2.75) is 6.92 Å². The highest BCUT2D eigenvalue weighted by atomic mass is 16.5. The summed E-state index contributed by atoms with van der Waals surface area (Å²) in [5, 5.41) is 4.60. The molecule has 0 radical (unpaired) electrons. The molecule has 0 saturated heterocycles. The van der Waals surface area contributed by atoms with Gasteiger partial charge in [0.05, 0.1) is 18.5 Å². The Balaban J connectivity index is 2.00. The summed E-state index contributed by atoms with van der Waals surface area (Å²) in [4.78, 5) is 8.23. The molecule has 2 heterocycles. The van der Waals surface area contributed by atoms with E-state index >= 15 is 0 Å². The smallest absolute Gasteiger partial charge is 0.316 e. The van der Waals surface area contributed by atoms with Crippen molar-refractivity contribution < 1.29 is 4.74 Å². The van der Waals surface area contributed by atoms with Crippen LogP contribution in [0.25, 0.3) is 16.9 Å². The van der Waals surface area contributed by atoms with E-state index in [1.54, 1.807) is 19.5 Å². The van der Waals surface area contributed by atoms with E-state index in [2.05, 4.69) is 15.1 Å². The number of para-hydroxylation sites is 1. The first kappa shape index (κ1) is 12.3. The lowest BCUT2D eigenvalue weighted by Gasteiger charge is -2.01. The highest BCUT2D eigenvalue weighted by Gasteiger charge is 2.10. The fourth-order valence-corrected chi connectivity index (χ4v) is 2.00. The molecule has 0 atom stereocenters. The minimum Gasteiger partial charge on any atom is -0.467 e. The van der Waals surface area contributed by atoms with E-state index in [0.717, 1.165) is 22.5 Å². The van der Waals surface area contributed by atoms with Gasteiger partial charge in [-0.05, 0) is 24.6 Å². The molecule has 0 fully saturated rings. The Morgan fingerprint density at radius 2 is 1.75 bits per heavy atom. The van der Waals surface area contributed by atoms with Crippen molar-refractivity contribution in [3.63, 3.8) is 0 Å². The minimum absolute atomic E-state index is 0.355. The molecule has 0 saturated carbocycles. The molecule has 0 N–H and O–H groups in total. The van der Waals surface area contributed by atoms with Crippen LogP contribution in [0.4, 0.5) is 0 Å². The van der Waals surface area contributed by atoms with Gasteiger partial charge >= 0.3 is 6.01 Å². The lowest BCUT2D eigenvalue weighted by atomic mass is 10.2. The lowest BCUT2D eigenvalue weighted by molar-refractivity contribution is 0.380. The molecule has 0 amide bonds. The van der Waals surface area contributed by atoms with Gasteiger partial charge in [0.2, 0.25) is 0 Å². The maximum Gasteiger partial charge on any atom is 0.316 e. The van der Waals surface area contributed by atoms with Gasteiger partial charge in [-0.25, -0.2) is 14.6 Å². The SMILES string of the molecule is COc1ncc(-c2nn(-c3ccccc3)cc2C)cn1. The topological polar surface area (TPSA) is 52.8 Å². The Morgan fingerprint density at radius 1 is 1.05 bits per heavy atom. The van der Waals surface area contributed by atoms with Crippen LogP contribution in [0.2, 0.25) is 0 Å². The van der Waals surface area contributed by atoms with Crippen molar-refractivity contribution in [1.82, 2.24) is 19.7 Å². The summed E-state index contributed by atoms with van der Waals surface area (Å²) in [7, 11) is 1.55. The van der Waals surface area contributed by atoms with Gasteiger partial charge in [0, 0.05) is 24.2 Å². The second-order valence-corrected chi connectivity index (χ2v) is 4.40. The summed E-state index contributed by atoms with van der Waals surface area (Å²) < 4.78 is 6.82. The van der Waals surface area contributed by atoms with Crippen LogP contribution >= 0.6 is 0 Å². The first-order valence-electron chi connectivity index (χ1n) is 6.26. The number of benzene rings is 1. The van der Waals surface area contributed by atoms with E-state index in [1.165, 1.54) is 0 Å². The van der Waals surface area contributed by atoms with Crippen LogP contribution in [0.1, 0.15) is 5.56 Å². The van der Waals surface area contributed by atoms with Gasteiger partial charge in [-0.1, -0.05) is 18.2 Å². The largest absolute Gasteiger partial charge is 0.467 e. The Hall–Kier alpha value is -2.69.